The van der Waals surface area contributed by atoms with E-state index in [1.54, 1.807) is 24.3 Å². The zero-order valence-electron chi connectivity index (χ0n) is 11.4. The highest BCUT2D eigenvalue weighted by Crippen LogP contribution is 2.42. The van der Waals surface area contributed by atoms with Crippen LogP contribution in [0.4, 0.5) is 22.0 Å². The number of aromatic nitrogens is 4. The van der Waals surface area contributed by atoms with E-state index in [9.17, 15) is 22.0 Å². The number of nitrogens with zero attached hydrogens (tertiary/aromatic N) is 3. The maximum atomic E-state index is 13.6. The van der Waals surface area contributed by atoms with Gasteiger partial charge in [0.1, 0.15) is 10.3 Å². The number of rotatable bonds is 2. The van der Waals surface area contributed by atoms with Gasteiger partial charge in [-0.1, -0.05) is 34.2 Å². The van der Waals surface area contributed by atoms with Crippen LogP contribution in [0.3, 0.4) is 0 Å². The lowest BCUT2D eigenvalue weighted by Gasteiger charge is -2.18. The molecule has 126 valence electrons. The molecule has 24 heavy (non-hydrogen) atoms. The summed E-state index contributed by atoms with van der Waals surface area (Å²) in [5, 5.41) is 4.14. The van der Waals surface area contributed by atoms with Crippen LogP contribution in [0.15, 0.2) is 34.9 Å². The summed E-state index contributed by atoms with van der Waals surface area (Å²) in [5.74, 6) is -6.74. The predicted octanol–water partition coefficient (Wildman–Crippen LogP) is 4.89. The number of nitrogens with one attached hydrogen (secondary N) is 1. The molecule has 0 saturated carbocycles. The molecular weight excluding hydrogens is 419 g/mol. The highest BCUT2D eigenvalue weighted by atomic mass is 79.9. The van der Waals surface area contributed by atoms with Crippen LogP contribution in [-0.4, -0.2) is 25.9 Å². The fraction of sp³-hybridized carbons (Fsp3) is 0.154. The van der Waals surface area contributed by atoms with Gasteiger partial charge in [-0.2, -0.15) is 27.1 Å². The molecule has 1 aromatic carbocycles. The Morgan fingerprint density at radius 1 is 1.17 bits per heavy atom. The van der Waals surface area contributed by atoms with Crippen LogP contribution in [0.25, 0.3) is 16.7 Å². The van der Waals surface area contributed by atoms with Gasteiger partial charge in [0.25, 0.3) is 0 Å². The molecular formula is C13H6BrF5N4S. The fourth-order valence-corrected chi connectivity index (χ4v) is 2.64. The molecule has 0 aliphatic rings. The van der Waals surface area contributed by atoms with E-state index in [1.807, 2.05) is 4.98 Å². The molecule has 3 rings (SSSR count). The second-order valence-corrected chi connectivity index (χ2v) is 6.06. The van der Waals surface area contributed by atoms with E-state index in [1.165, 1.54) is 10.9 Å². The number of alkyl halides is 5. The van der Waals surface area contributed by atoms with Crippen molar-refractivity contribution in [2.75, 3.05) is 0 Å². The Morgan fingerprint density at radius 3 is 2.50 bits per heavy atom. The summed E-state index contributed by atoms with van der Waals surface area (Å²) in [4.78, 5) is 5.21. The molecule has 0 amide bonds. The summed E-state index contributed by atoms with van der Waals surface area (Å²) in [6.07, 6.45) is -4.55. The van der Waals surface area contributed by atoms with E-state index in [0.717, 1.165) is 0 Å². The minimum Gasteiger partial charge on any atom is -0.322 e. The molecule has 3 aromatic rings. The van der Waals surface area contributed by atoms with Gasteiger partial charge < -0.3 is 4.98 Å². The third kappa shape index (κ3) is 2.71. The maximum Gasteiger partial charge on any atom is 0.461 e. The molecule has 0 unspecified atom stereocenters. The standard InChI is InChI=1S/C13H6BrF5N4S/c14-6-2-1-3-7(4-6)23-9-8(5-20-23)10(24)22-11(21-9)12(15,16)13(17,18)19/h1-5H,(H,21,22,24). The smallest absolute Gasteiger partial charge is 0.322 e. The summed E-state index contributed by atoms with van der Waals surface area (Å²) in [5.41, 5.74) is 0.338. The van der Waals surface area contributed by atoms with E-state index >= 15 is 0 Å². The zero-order valence-corrected chi connectivity index (χ0v) is 13.8. The van der Waals surface area contributed by atoms with Gasteiger partial charge in [0, 0.05) is 4.47 Å². The third-order valence-electron chi connectivity index (χ3n) is 3.16. The summed E-state index contributed by atoms with van der Waals surface area (Å²) < 4.78 is 66.3. The summed E-state index contributed by atoms with van der Waals surface area (Å²) in [6.45, 7) is 0. The normalized spacial score (nSPS) is 12.8. The van der Waals surface area contributed by atoms with Gasteiger partial charge in [0.2, 0.25) is 0 Å². The number of fused-ring (bicyclic) bond motifs is 1. The van der Waals surface area contributed by atoms with Crippen LogP contribution in [0.2, 0.25) is 0 Å². The lowest BCUT2D eigenvalue weighted by Crippen LogP contribution is -2.35. The van der Waals surface area contributed by atoms with Crippen LogP contribution in [-0.2, 0) is 5.92 Å². The lowest BCUT2D eigenvalue weighted by molar-refractivity contribution is -0.292. The quantitative estimate of drug-likeness (QED) is 0.470. The van der Waals surface area contributed by atoms with Crippen LogP contribution in [0.1, 0.15) is 5.82 Å². The summed E-state index contributed by atoms with van der Waals surface area (Å²) in [7, 11) is 0. The molecule has 2 aromatic heterocycles. The second-order valence-electron chi connectivity index (χ2n) is 4.76. The van der Waals surface area contributed by atoms with Crippen molar-refractivity contribution in [3.05, 3.63) is 45.4 Å². The molecule has 4 nitrogen and oxygen atoms in total. The Bertz CT molecular complexity index is 978. The van der Waals surface area contributed by atoms with Crippen LogP contribution in [0.5, 0.6) is 0 Å². The van der Waals surface area contributed by atoms with Gasteiger partial charge in [0.15, 0.2) is 5.82 Å². The van der Waals surface area contributed by atoms with E-state index in [0.29, 0.717) is 10.2 Å². The maximum absolute atomic E-state index is 13.6. The van der Waals surface area contributed by atoms with E-state index in [-0.39, 0.29) is 11.0 Å². The highest BCUT2D eigenvalue weighted by Gasteiger charge is 2.61. The van der Waals surface area contributed by atoms with Crippen molar-refractivity contribution in [1.82, 2.24) is 19.7 Å². The molecule has 1 N–H and O–H groups in total. The first-order valence-electron chi connectivity index (χ1n) is 6.30. The van der Waals surface area contributed by atoms with Gasteiger partial charge in [-0.3, -0.25) is 0 Å². The van der Waals surface area contributed by atoms with Crippen LogP contribution < -0.4 is 0 Å². The molecule has 2 heterocycles. The molecule has 0 spiro atoms. The highest BCUT2D eigenvalue weighted by molar-refractivity contribution is 9.10. The molecule has 0 aliphatic heterocycles. The topological polar surface area (TPSA) is 46.5 Å². The zero-order chi connectivity index (χ0) is 17.7. The number of hydrogen-bond acceptors (Lipinski definition) is 3. The Kier molecular flexibility index (Phi) is 3.95. The monoisotopic (exact) mass is 424 g/mol. The van der Waals surface area contributed by atoms with Gasteiger partial charge >= 0.3 is 12.1 Å². The molecule has 0 aliphatic carbocycles. The Hall–Kier alpha value is -1.88. The minimum absolute atomic E-state index is 0.105. The minimum atomic E-state index is -5.80. The van der Waals surface area contributed by atoms with E-state index < -0.39 is 22.6 Å². The van der Waals surface area contributed by atoms with Crippen molar-refractivity contribution < 1.29 is 22.0 Å². The lowest BCUT2D eigenvalue weighted by atomic mass is 10.3. The van der Waals surface area contributed by atoms with Crippen molar-refractivity contribution in [3.63, 3.8) is 0 Å². The second kappa shape index (κ2) is 5.59. The van der Waals surface area contributed by atoms with Gasteiger partial charge in [-0.05, 0) is 18.2 Å². The summed E-state index contributed by atoms with van der Waals surface area (Å²) >= 11 is 8.07. The van der Waals surface area contributed by atoms with Crippen molar-refractivity contribution in [1.29, 1.82) is 0 Å². The summed E-state index contributed by atoms with van der Waals surface area (Å²) in [6, 6.07) is 6.61. The average molecular weight is 425 g/mol. The number of benzene rings is 1. The van der Waals surface area contributed by atoms with Gasteiger partial charge in [0.05, 0.1) is 17.3 Å². The molecule has 0 radical (unpaired) electrons. The van der Waals surface area contributed by atoms with Gasteiger partial charge in [-0.25, -0.2) is 9.67 Å². The van der Waals surface area contributed by atoms with Crippen LogP contribution in [0, 0.1) is 4.64 Å². The molecule has 0 bridgehead atoms. The fourth-order valence-electron chi connectivity index (χ4n) is 2.01. The predicted molar refractivity (Wildman–Crippen MR) is 81.7 cm³/mol. The number of hydrogen-bond donors (Lipinski definition) is 1. The number of halogens is 6. The third-order valence-corrected chi connectivity index (χ3v) is 3.96. The first-order valence-corrected chi connectivity index (χ1v) is 7.50. The molecule has 0 fully saturated rings. The Labute approximate surface area is 144 Å². The molecule has 11 heteroatoms. The van der Waals surface area contributed by atoms with Gasteiger partial charge in [-0.15, -0.1) is 0 Å². The first kappa shape index (κ1) is 17.0. The van der Waals surface area contributed by atoms with Crippen molar-refractivity contribution in [2.24, 2.45) is 0 Å². The SMILES string of the molecule is FC(F)(F)C(F)(F)c1nc(=S)c2cnn(-c3cccc(Br)c3)c2[nH]1. The van der Waals surface area contributed by atoms with Crippen LogP contribution >= 0.6 is 28.1 Å². The number of H-pyrrole nitrogens is 1. The molecule has 0 atom stereocenters. The van der Waals surface area contributed by atoms with Crippen molar-refractivity contribution in [2.45, 2.75) is 12.1 Å². The van der Waals surface area contributed by atoms with Crippen molar-refractivity contribution >= 4 is 39.2 Å². The Balaban J connectivity index is 2.28. The largest absolute Gasteiger partial charge is 0.461 e. The molecule has 0 saturated heterocycles. The number of aromatic amines is 1. The average Bonchev–Trinajstić information content (AvgIpc) is 2.90. The Morgan fingerprint density at radius 2 is 1.88 bits per heavy atom. The first-order chi connectivity index (χ1) is 11.1. The van der Waals surface area contributed by atoms with E-state index in [4.69, 9.17) is 12.2 Å². The van der Waals surface area contributed by atoms with E-state index in [2.05, 4.69) is 26.0 Å². The van der Waals surface area contributed by atoms with Crippen molar-refractivity contribution in [3.8, 4) is 5.69 Å².